The summed E-state index contributed by atoms with van der Waals surface area (Å²) in [6.07, 6.45) is 3.97. The Kier molecular flexibility index (Phi) is 4.12. The quantitative estimate of drug-likeness (QED) is 0.817. The molecule has 4 rings (SSSR count). The van der Waals surface area contributed by atoms with Gasteiger partial charge in [-0.1, -0.05) is 48.0 Å². The van der Waals surface area contributed by atoms with E-state index in [4.69, 9.17) is 8.92 Å². The summed E-state index contributed by atoms with van der Waals surface area (Å²) in [5.74, 6) is 0. The summed E-state index contributed by atoms with van der Waals surface area (Å²) in [4.78, 5) is 0.348. The summed E-state index contributed by atoms with van der Waals surface area (Å²) in [5, 5.41) is 0. The summed E-state index contributed by atoms with van der Waals surface area (Å²) >= 11 is 0. The molecule has 4 nitrogen and oxygen atoms in total. The van der Waals surface area contributed by atoms with Crippen LogP contribution in [-0.2, 0) is 25.2 Å². The second-order valence-electron chi connectivity index (χ2n) is 7.99. The lowest BCUT2D eigenvalue weighted by molar-refractivity contribution is -0.00888. The highest BCUT2D eigenvalue weighted by atomic mass is 32.3. The molecule has 0 heterocycles. The minimum atomic E-state index is -4.26. The number of hydrogen-bond acceptors (Lipinski definition) is 3. The van der Waals surface area contributed by atoms with Gasteiger partial charge in [0.05, 0.1) is 23.7 Å². The Morgan fingerprint density at radius 1 is 1.08 bits per heavy atom. The molecular formula is C21H26O4S. The monoisotopic (exact) mass is 374 g/mol. The standard InChI is InChI=1S/C21H26O4S/c1-16-8-10-19(11-9-16)26(2,22,23)25-18-12-21(13-18)14-20(21)24-15-17-6-4-3-5-7-17/h3-11,18,20H,12-15H2,1-2H3,(H,22,23)/t18?,20-,21?/m0/s1. The summed E-state index contributed by atoms with van der Waals surface area (Å²) in [6.45, 7) is 2.57. The van der Waals surface area contributed by atoms with Gasteiger partial charge in [0.1, 0.15) is 9.63 Å². The second-order valence-corrected chi connectivity index (χ2v) is 11.0. The third kappa shape index (κ3) is 3.49. The van der Waals surface area contributed by atoms with E-state index < -0.39 is 9.63 Å². The van der Waals surface area contributed by atoms with E-state index in [1.54, 1.807) is 12.1 Å². The topological polar surface area (TPSA) is 55.8 Å². The fourth-order valence-electron chi connectivity index (χ4n) is 3.88. The van der Waals surface area contributed by atoms with Crippen LogP contribution in [0.15, 0.2) is 59.5 Å². The van der Waals surface area contributed by atoms with Crippen LogP contribution in [0.2, 0.25) is 0 Å². The van der Waals surface area contributed by atoms with Gasteiger partial charge in [-0.05, 0) is 43.9 Å². The van der Waals surface area contributed by atoms with Gasteiger partial charge in [0.2, 0.25) is 0 Å². The van der Waals surface area contributed by atoms with Gasteiger partial charge in [-0.3, -0.25) is 4.18 Å². The van der Waals surface area contributed by atoms with Crippen molar-refractivity contribution in [3.05, 3.63) is 65.7 Å². The molecule has 0 aliphatic heterocycles. The molecule has 0 unspecified atom stereocenters. The smallest absolute Gasteiger partial charge is 0.109 e. The van der Waals surface area contributed by atoms with Crippen LogP contribution in [0.3, 0.4) is 0 Å². The van der Waals surface area contributed by atoms with Crippen LogP contribution >= 0.6 is 0 Å². The van der Waals surface area contributed by atoms with E-state index in [0.717, 1.165) is 24.8 Å². The number of aryl methyl sites for hydroxylation is 1. The molecule has 2 fully saturated rings. The van der Waals surface area contributed by atoms with Crippen LogP contribution in [-0.4, -0.2) is 27.2 Å². The maximum absolute atomic E-state index is 13.0. The van der Waals surface area contributed by atoms with E-state index >= 15 is 0 Å². The van der Waals surface area contributed by atoms with Crippen LogP contribution < -0.4 is 0 Å². The van der Waals surface area contributed by atoms with E-state index in [9.17, 15) is 8.76 Å². The predicted molar refractivity (Wildman–Crippen MR) is 102 cm³/mol. The molecule has 2 aliphatic rings. The number of hydrogen-bond donors (Lipinski definition) is 1. The van der Waals surface area contributed by atoms with Gasteiger partial charge in [-0.25, -0.2) is 4.21 Å². The zero-order chi connectivity index (χ0) is 18.4. The highest BCUT2D eigenvalue weighted by Crippen LogP contribution is 2.64. The third-order valence-electron chi connectivity index (χ3n) is 5.59. The minimum Gasteiger partial charge on any atom is -0.373 e. The van der Waals surface area contributed by atoms with Crippen molar-refractivity contribution in [2.24, 2.45) is 5.41 Å². The molecule has 1 N–H and O–H groups in total. The molecule has 2 aromatic rings. The average molecular weight is 375 g/mol. The Hall–Kier alpha value is -1.53. The minimum absolute atomic E-state index is 0.155. The Labute approximate surface area is 155 Å². The van der Waals surface area contributed by atoms with Gasteiger partial charge < -0.3 is 9.29 Å². The second kappa shape index (κ2) is 5.99. The van der Waals surface area contributed by atoms with Gasteiger partial charge >= 0.3 is 0 Å². The van der Waals surface area contributed by atoms with Crippen LogP contribution in [0, 0.1) is 12.3 Å². The normalized spacial score (nSPS) is 29.0. The molecule has 5 heteroatoms. The third-order valence-corrected chi connectivity index (χ3v) is 7.66. The van der Waals surface area contributed by atoms with Crippen LogP contribution in [0.4, 0.5) is 0 Å². The first-order chi connectivity index (χ1) is 12.2. The molecule has 26 heavy (non-hydrogen) atoms. The summed E-state index contributed by atoms with van der Waals surface area (Å²) < 4.78 is 35.5. The lowest BCUT2D eigenvalue weighted by Gasteiger charge is -2.43. The Morgan fingerprint density at radius 3 is 2.38 bits per heavy atom. The molecule has 0 saturated heterocycles. The van der Waals surface area contributed by atoms with E-state index in [1.807, 2.05) is 37.3 Å². The first-order valence-corrected chi connectivity index (χ1v) is 11.3. The van der Waals surface area contributed by atoms with Crippen molar-refractivity contribution < 1.29 is 17.7 Å². The van der Waals surface area contributed by atoms with Gasteiger partial charge in [0.15, 0.2) is 0 Å². The van der Waals surface area contributed by atoms with Crippen molar-refractivity contribution in [3.63, 3.8) is 0 Å². The highest BCUT2D eigenvalue weighted by Gasteiger charge is 2.64. The fourth-order valence-corrected chi connectivity index (χ4v) is 5.52. The molecule has 2 aliphatic carbocycles. The van der Waals surface area contributed by atoms with Gasteiger partial charge in [-0.15, -0.1) is 0 Å². The summed E-state index contributed by atoms with van der Waals surface area (Å²) in [7, 11) is -4.26. The van der Waals surface area contributed by atoms with Gasteiger partial charge in [0.25, 0.3) is 0 Å². The average Bonchev–Trinajstić information content (AvgIpc) is 3.27. The lowest BCUT2D eigenvalue weighted by Crippen LogP contribution is -2.44. The fraction of sp³-hybridized carbons (Fsp3) is 0.429. The van der Waals surface area contributed by atoms with Crippen molar-refractivity contribution in [1.82, 2.24) is 0 Å². The largest absolute Gasteiger partial charge is 0.373 e. The summed E-state index contributed by atoms with van der Waals surface area (Å²) in [6, 6.07) is 17.2. The Morgan fingerprint density at radius 2 is 1.73 bits per heavy atom. The molecule has 140 valence electrons. The van der Waals surface area contributed by atoms with Crippen molar-refractivity contribution in [2.45, 2.75) is 49.9 Å². The first kappa shape index (κ1) is 17.9. The van der Waals surface area contributed by atoms with Crippen molar-refractivity contribution in [1.29, 1.82) is 0 Å². The molecule has 0 amide bonds. The predicted octanol–water partition coefficient (Wildman–Crippen LogP) is 4.35. The first-order valence-electron chi connectivity index (χ1n) is 9.05. The molecule has 0 bridgehead atoms. The van der Waals surface area contributed by atoms with E-state index in [2.05, 4.69) is 12.1 Å². The van der Waals surface area contributed by atoms with E-state index in [0.29, 0.717) is 11.5 Å². The summed E-state index contributed by atoms with van der Waals surface area (Å²) in [5.41, 5.74) is 2.38. The van der Waals surface area contributed by atoms with Crippen molar-refractivity contribution in [2.75, 3.05) is 6.26 Å². The molecular weight excluding hydrogens is 348 g/mol. The van der Waals surface area contributed by atoms with Crippen molar-refractivity contribution >= 4 is 9.63 Å². The van der Waals surface area contributed by atoms with Crippen LogP contribution in [0.25, 0.3) is 0 Å². The van der Waals surface area contributed by atoms with Crippen molar-refractivity contribution in [3.8, 4) is 0 Å². The van der Waals surface area contributed by atoms with Crippen LogP contribution in [0.5, 0.6) is 0 Å². The molecule has 2 saturated carbocycles. The molecule has 2 aromatic carbocycles. The molecule has 1 spiro atoms. The molecule has 0 aromatic heterocycles. The molecule has 1 atom stereocenters. The maximum atomic E-state index is 13.0. The number of ether oxygens (including phenoxy) is 1. The maximum Gasteiger partial charge on any atom is 0.109 e. The highest BCUT2D eigenvalue weighted by molar-refractivity contribution is 8.10. The molecule has 0 radical (unpaired) electrons. The Balaban J connectivity index is 1.31. The van der Waals surface area contributed by atoms with Crippen LogP contribution in [0.1, 0.15) is 30.4 Å². The lowest BCUT2D eigenvalue weighted by atomic mass is 9.78. The van der Waals surface area contributed by atoms with Gasteiger partial charge in [-0.2, -0.15) is 0 Å². The zero-order valence-corrected chi connectivity index (χ0v) is 16.1. The number of benzene rings is 2. The number of rotatable bonds is 6. The zero-order valence-electron chi connectivity index (χ0n) is 15.3. The Bertz CT molecular complexity index is 847. The van der Waals surface area contributed by atoms with E-state index in [1.165, 1.54) is 11.8 Å². The SMILES string of the molecule is Cc1ccc(S(C)(=O)(O)OC2CC3(C2)C[C@@H]3OCc2ccccc2)cc1. The van der Waals surface area contributed by atoms with Gasteiger partial charge in [0, 0.05) is 11.7 Å². The van der Waals surface area contributed by atoms with E-state index in [-0.39, 0.29) is 17.6 Å².